The first-order chi connectivity index (χ1) is 21.4. The summed E-state index contributed by atoms with van der Waals surface area (Å²) in [6.45, 7) is 6.71. The molecule has 1 aromatic carbocycles. The maximum atomic E-state index is 14.6. The smallest absolute Gasteiger partial charge is 0.315 e. The number of carbonyl (C=O) groups excluding carboxylic acids is 5. The summed E-state index contributed by atoms with van der Waals surface area (Å²) in [6.07, 6.45) is 9.54. The lowest BCUT2D eigenvalue weighted by Crippen LogP contribution is -2.62. The molecule has 5 N–H and O–H groups in total. The Labute approximate surface area is 266 Å². The molecule has 1 heterocycles. The molecule has 1 saturated heterocycles. The van der Waals surface area contributed by atoms with Gasteiger partial charge in [0.1, 0.15) is 12.1 Å². The number of hydrogen-bond acceptors (Lipinski definition) is 5. The number of nitrogens with two attached hydrogens (primary N) is 1. The van der Waals surface area contributed by atoms with Crippen LogP contribution in [-0.4, -0.2) is 64.6 Å². The van der Waals surface area contributed by atoms with Gasteiger partial charge in [-0.1, -0.05) is 77.1 Å². The van der Waals surface area contributed by atoms with Crippen molar-refractivity contribution in [3.05, 3.63) is 35.4 Å². The van der Waals surface area contributed by atoms with Crippen LogP contribution < -0.4 is 21.7 Å². The maximum Gasteiger partial charge on any atom is 0.315 e. The molecule has 6 rings (SSSR count). The van der Waals surface area contributed by atoms with Crippen molar-refractivity contribution in [2.24, 2.45) is 34.8 Å². The highest BCUT2D eigenvalue weighted by molar-refractivity contribution is 6.37. The minimum atomic E-state index is -1.07. The van der Waals surface area contributed by atoms with Gasteiger partial charge in [0.2, 0.25) is 17.6 Å². The van der Waals surface area contributed by atoms with Crippen molar-refractivity contribution in [2.45, 2.75) is 115 Å². The van der Waals surface area contributed by atoms with Gasteiger partial charge in [-0.15, -0.1) is 0 Å². The fraction of sp³-hybridized carbons (Fsp3) is 0.686. The summed E-state index contributed by atoms with van der Waals surface area (Å²) in [5.41, 5.74) is 7.27. The van der Waals surface area contributed by atoms with Crippen LogP contribution in [0.5, 0.6) is 0 Å². The van der Waals surface area contributed by atoms with Crippen LogP contribution in [0.3, 0.4) is 0 Å². The molecule has 4 fully saturated rings. The van der Waals surface area contributed by atoms with E-state index in [0.717, 1.165) is 51.4 Å². The maximum absolute atomic E-state index is 14.6. The lowest BCUT2D eigenvalue weighted by atomic mass is 9.80. The molecular formula is C35H49N5O5. The van der Waals surface area contributed by atoms with E-state index in [0.29, 0.717) is 25.8 Å². The normalized spacial score (nSPS) is 27.4. The van der Waals surface area contributed by atoms with Gasteiger partial charge < -0.3 is 26.6 Å². The number of ketones is 1. The summed E-state index contributed by atoms with van der Waals surface area (Å²) >= 11 is 0. The number of benzene rings is 1. The zero-order valence-corrected chi connectivity index (χ0v) is 26.9. The molecule has 45 heavy (non-hydrogen) atoms. The third-order valence-corrected chi connectivity index (χ3v) is 11.9. The first-order valence-electron chi connectivity index (χ1n) is 17.0. The average Bonchev–Trinajstić information content (AvgIpc) is 3.77. The number of fused-ring (bicyclic) bond motifs is 2. The number of primary amides is 1. The highest BCUT2D eigenvalue weighted by Gasteiger charge is 2.70. The number of nitrogens with one attached hydrogen (secondary N) is 3. The lowest BCUT2D eigenvalue weighted by molar-refractivity contribution is -0.144. The van der Waals surface area contributed by atoms with E-state index in [9.17, 15) is 24.0 Å². The van der Waals surface area contributed by atoms with Crippen LogP contribution in [0.15, 0.2) is 24.3 Å². The Hall–Kier alpha value is -3.43. The number of hydrogen-bond donors (Lipinski definition) is 4. The van der Waals surface area contributed by atoms with Gasteiger partial charge in [-0.25, -0.2) is 4.79 Å². The third kappa shape index (κ3) is 6.21. The number of amides is 5. The quantitative estimate of drug-likeness (QED) is 0.281. The van der Waals surface area contributed by atoms with Gasteiger partial charge in [0.15, 0.2) is 0 Å². The van der Waals surface area contributed by atoms with Crippen molar-refractivity contribution >= 4 is 29.5 Å². The largest absolute Gasteiger partial charge is 0.363 e. The van der Waals surface area contributed by atoms with Crippen molar-refractivity contribution in [1.82, 2.24) is 20.9 Å². The molecule has 10 nitrogen and oxygen atoms in total. The van der Waals surface area contributed by atoms with E-state index in [2.05, 4.69) is 48.9 Å². The van der Waals surface area contributed by atoms with Gasteiger partial charge in [-0.05, 0) is 78.7 Å². The fourth-order valence-electron chi connectivity index (χ4n) is 8.76. The summed E-state index contributed by atoms with van der Waals surface area (Å²) in [5.74, 6) is -2.38. The molecule has 5 aliphatic rings. The summed E-state index contributed by atoms with van der Waals surface area (Å²) in [7, 11) is 0. The van der Waals surface area contributed by atoms with Crippen LogP contribution >= 0.6 is 0 Å². The molecule has 0 bridgehead atoms. The first-order valence-corrected chi connectivity index (χ1v) is 17.0. The number of urea groups is 1. The minimum absolute atomic E-state index is 0.0763. The van der Waals surface area contributed by atoms with E-state index in [-0.39, 0.29) is 46.6 Å². The zero-order chi connectivity index (χ0) is 32.1. The fourth-order valence-corrected chi connectivity index (χ4v) is 8.76. The summed E-state index contributed by atoms with van der Waals surface area (Å²) in [4.78, 5) is 68.5. The van der Waals surface area contributed by atoms with E-state index in [1.54, 1.807) is 4.90 Å². The summed E-state index contributed by atoms with van der Waals surface area (Å²) < 4.78 is 0. The lowest BCUT2D eigenvalue weighted by Gasteiger charge is -2.39. The van der Waals surface area contributed by atoms with Crippen LogP contribution in [0.25, 0.3) is 0 Å². The van der Waals surface area contributed by atoms with Gasteiger partial charge in [-0.2, -0.15) is 0 Å². The third-order valence-electron chi connectivity index (χ3n) is 11.9. The van der Waals surface area contributed by atoms with E-state index in [1.807, 2.05) is 12.1 Å². The standard InChI is InChI=1S/C35H49N5O5/c1-4-35(14-8-5-9-15-35)39-33(45)38-27(23-17-21-10-6-7-11-22(21)18-23)32(44)40-19-24-26(34(24,2)3)28(40)31(43)37-25(16-20-12-13-20)29(41)30(36)42/h6-7,10-11,20,23-28H,4-5,8-9,12-19H2,1-3H3,(H2,36,42)(H,37,43)(H2,38,39,45)/t24?,25?,26?,27-,28-/m0/s1. The Balaban J connectivity index is 1.24. The number of nitrogens with zero attached hydrogens (tertiary/aromatic N) is 1. The minimum Gasteiger partial charge on any atom is -0.363 e. The number of likely N-dealkylation sites (tertiary alicyclic amines) is 1. The molecule has 3 unspecified atom stereocenters. The molecule has 5 amide bonds. The van der Waals surface area contributed by atoms with Crippen molar-refractivity contribution in [2.75, 3.05) is 6.54 Å². The van der Waals surface area contributed by atoms with Gasteiger partial charge in [0, 0.05) is 12.1 Å². The molecule has 0 aromatic heterocycles. The van der Waals surface area contributed by atoms with Crippen LogP contribution in [0.2, 0.25) is 0 Å². The Bertz CT molecular complexity index is 1340. The average molecular weight is 620 g/mol. The van der Waals surface area contributed by atoms with E-state index in [4.69, 9.17) is 5.73 Å². The van der Waals surface area contributed by atoms with Crippen LogP contribution in [0.4, 0.5) is 4.79 Å². The second-order valence-electron chi connectivity index (χ2n) is 15.1. The second-order valence-corrected chi connectivity index (χ2v) is 15.1. The predicted molar refractivity (Wildman–Crippen MR) is 169 cm³/mol. The van der Waals surface area contributed by atoms with E-state index in [1.165, 1.54) is 11.1 Å². The topological polar surface area (TPSA) is 151 Å². The van der Waals surface area contributed by atoms with Crippen LogP contribution in [0, 0.1) is 29.1 Å². The Morgan fingerprint density at radius 2 is 1.62 bits per heavy atom. The van der Waals surface area contributed by atoms with Crippen molar-refractivity contribution in [3.63, 3.8) is 0 Å². The van der Waals surface area contributed by atoms with Crippen molar-refractivity contribution in [3.8, 4) is 0 Å². The predicted octanol–water partition coefficient (Wildman–Crippen LogP) is 3.00. The second kappa shape index (κ2) is 12.1. The Morgan fingerprint density at radius 1 is 0.978 bits per heavy atom. The number of Topliss-reactive ketones (excluding diaryl/α,β-unsaturated/α-hetero) is 1. The Morgan fingerprint density at radius 3 is 2.20 bits per heavy atom. The molecule has 1 aliphatic heterocycles. The van der Waals surface area contributed by atoms with Gasteiger partial charge in [0.25, 0.3) is 5.91 Å². The Kier molecular flexibility index (Phi) is 8.46. The zero-order valence-electron chi connectivity index (χ0n) is 26.9. The highest BCUT2D eigenvalue weighted by Crippen LogP contribution is 2.65. The molecule has 5 atom stereocenters. The molecule has 4 aliphatic carbocycles. The van der Waals surface area contributed by atoms with Crippen molar-refractivity contribution in [1.29, 1.82) is 0 Å². The summed E-state index contributed by atoms with van der Waals surface area (Å²) in [5, 5.41) is 9.20. The number of piperidine rings is 1. The molecule has 0 spiro atoms. The summed E-state index contributed by atoms with van der Waals surface area (Å²) in [6, 6.07) is 5.19. The van der Waals surface area contributed by atoms with E-state index < -0.39 is 35.7 Å². The van der Waals surface area contributed by atoms with Crippen molar-refractivity contribution < 1.29 is 24.0 Å². The first kappa shape index (κ1) is 31.5. The molecule has 10 heteroatoms. The van der Waals surface area contributed by atoms with E-state index >= 15 is 0 Å². The SMILES string of the molecule is CCC1(NC(=O)N[C@H](C(=O)N2CC3C([C@H]2C(=O)NC(CC2CC2)C(=O)C(N)=O)C3(C)C)C2Cc3ccccc3C2)CCCCC1. The molecule has 3 saturated carbocycles. The van der Waals surface area contributed by atoms with Gasteiger partial charge in [0.05, 0.1) is 6.04 Å². The van der Waals surface area contributed by atoms with Crippen LogP contribution in [0.1, 0.15) is 89.7 Å². The molecule has 1 aromatic rings. The van der Waals surface area contributed by atoms with Crippen LogP contribution in [-0.2, 0) is 32.0 Å². The highest BCUT2D eigenvalue weighted by atomic mass is 16.2. The molecule has 0 radical (unpaired) electrons. The monoisotopic (exact) mass is 619 g/mol. The molecule has 244 valence electrons. The number of carbonyl (C=O) groups is 5. The number of rotatable bonds is 11. The molecular weight excluding hydrogens is 570 g/mol. The van der Waals surface area contributed by atoms with Gasteiger partial charge >= 0.3 is 6.03 Å². The van der Waals surface area contributed by atoms with Gasteiger partial charge in [-0.3, -0.25) is 19.2 Å².